The maximum absolute atomic E-state index is 13.0. The van der Waals surface area contributed by atoms with Gasteiger partial charge in [0.15, 0.2) is 0 Å². The Balaban J connectivity index is 2.74. The SMILES string of the molecule is CC(CCN)NCc1ccc(F)c(C(F)(F)F)c1. The minimum atomic E-state index is -4.66. The molecule has 18 heavy (non-hydrogen) atoms. The fourth-order valence-electron chi connectivity index (χ4n) is 1.54. The second-order valence-electron chi connectivity index (χ2n) is 4.17. The third kappa shape index (κ3) is 4.27. The molecule has 0 amide bonds. The van der Waals surface area contributed by atoms with E-state index in [1.54, 1.807) is 0 Å². The number of hydrogen-bond acceptors (Lipinski definition) is 2. The van der Waals surface area contributed by atoms with Gasteiger partial charge in [0.1, 0.15) is 5.82 Å². The lowest BCUT2D eigenvalue weighted by molar-refractivity contribution is -0.140. The van der Waals surface area contributed by atoms with Crippen molar-refractivity contribution in [1.82, 2.24) is 5.32 Å². The predicted molar refractivity (Wildman–Crippen MR) is 61.4 cm³/mol. The van der Waals surface area contributed by atoms with E-state index in [1.165, 1.54) is 6.07 Å². The van der Waals surface area contributed by atoms with Crippen molar-refractivity contribution in [2.45, 2.75) is 32.1 Å². The summed E-state index contributed by atoms with van der Waals surface area (Å²) in [5, 5.41) is 3.03. The molecule has 1 unspecified atom stereocenters. The molecule has 0 aliphatic carbocycles. The normalized spacial score (nSPS) is 13.7. The molecule has 0 spiro atoms. The molecule has 0 aliphatic heterocycles. The average molecular weight is 264 g/mol. The van der Waals surface area contributed by atoms with Crippen molar-refractivity contribution in [3.63, 3.8) is 0 Å². The zero-order valence-corrected chi connectivity index (χ0v) is 10.0. The van der Waals surface area contributed by atoms with Crippen LogP contribution in [0.25, 0.3) is 0 Å². The summed E-state index contributed by atoms with van der Waals surface area (Å²) >= 11 is 0. The molecule has 1 aromatic carbocycles. The standard InChI is InChI=1S/C12H16F4N2/c1-8(4-5-17)18-7-9-2-3-11(13)10(6-9)12(14,15)16/h2-3,6,8,18H,4-5,7,17H2,1H3. The van der Waals surface area contributed by atoms with E-state index in [1.807, 2.05) is 6.92 Å². The third-order valence-corrected chi connectivity index (χ3v) is 2.59. The van der Waals surface area contributed by atoms with Gasteiger partial charge in [-0.05, 0) is 37.6 Å². The predicted octanol–water partition coefficient (Wildman–Crippen LogP) is 2.67. The minimum Gasteiger partial charge on any atom is -0.330 e. The molecule has 6 heteroatoms. The highest BCUT2D eigenvalue weighted by Crippen LogP contribution is 2.31. The van der Waals surface area contributed by atoms with Crippen molar-refractivity contribution < 1.29 is 17.6 Å². The van der Waals surface area contributed by atoms with Gasteiger partial charge < -0.3 is 11.1 Å². The smallest absolute Gasteiger partial charge is 0.330 e. The van der Waals surface area contributed by atoms with Gasteiger partial charge in [-0.1, -0.05) is 6.07 Å². The van der Waals surface area contributed by atoms with Crippen LogP contribution in [0.15, 0.2) is 18.2 Å². The summed E-state index contributed by atoms with van der Waals surface area (Å²) in [6, 6.07) is 3.12. The van der Waals surface area contributed by atoms with Crippen LogP contribution in [-0.2, 0) is 12.7 Å². The topological polar surface area (TPSA) is 38.0 Å². The van der Waals surface area contributed by atoms with Crippen molar-refractivity contribution in [2.24, 2.45) is 5.73 Å². The molecule has 1 atom stereocenters. The fourth-order valence-corrected chi connectivity index (χ4v) is 1.54. The van der Waals surface area contributed by atoms with Gasteiger partial charge in [-0.2, -0.15) is 13.2 Å². The Bertz CT molecular complexity index is 390. The molecule has 0 heterocycles. The van der Waals surface area contributed by atoms with E-state index in [-0.39, 0.29) is 12.6 Å². The summed E-state index contributed by atoms with van der Waals surface area (Å²) in [6.07, 6.45) is -3.93. The number of alkyl halides is 3. The van der Waals surface area contributed by atoms with Crippen molar-refractivity contribution in [3.05, 3.63) is 35.1 Å². The summed E-state index contributed by atoms with van der Waals surface area (Å²) in [5.74, 6) is -1.25. The number of hydrogen-bond donors (Lipinski definition) is 2. The highest BCUT2D eigenvalue weighted by Gasteiger charge is 2.34. The molecule has 0 saturated carbocycles. The zero-order valence-electron chi connectivity index (χ0n) is 10.0. The first-order chi connectivity index (χ1) is 8.34. The maximum atomic E-state index is 13.0. The van der Waals surface area contributed by atoms with Crippen LogP contribution < -0.4 is 11.1 Å². The van der Waals surface area contributed by atoms with Crippen LogP contribution in [0, 0.1) is 5.82 Å². The number of nitrogens with two attached hydrogens (primary N) is 1. The summed E-state index contributed by atoms with van der Waals surface area (Å²) in [4.78, 5) is 0. The highest BCUT2D eigenvalue weighted by molar-refractivity contribution is 5.27. The van der Waals surface area contributed by atoms with Crippen LogP contribution in [0.2, 0.25) is 0 Å². The zero-order chi connectivity index (χ0) is 13.8. The molecule has 0 saturated heterocycles. The van der Waals surface area contributed by atoms with Gasteiger partial charge in [-0.3, -0.25) is 0 Å². The molecule has 102 valence electrons. The fraction of sp³-hybridized carbons (Fsp3) is 0.500. The maximum Gasteiger partial charge on any atom is 0.419 e. The average Bonchev–Trinajstić information content (AvgIpc) is 2.27. The summed E-state index contributed by atoms with van der Waals surface area (Å²) in [7, 11) is 0. The molecular formula is C12H16F4N2. The highest BCUT2D eigenvalue weighted by atomic mass is 19.4. The molecule has 0 fully saturated rings. The summed E-state index contributed by atoms with van der Waals surface area (Å²) in [5.41, 5.74) is 4.53. The molecule has 0 aliphatic rings. The first-order valence-electron chi connectivity index (χ1n) is 5.63. The van der Waals surface area contributed by atoms with E-state index >= 15 is 0 Å². The van der Waals surface area contributed by atoms with E-state index in [0.29, 0.717) is 12.1 Å². The lowest BCUT2D eigenvalue weighted by Gasteiger charge is -2.14. The van der Waals surface area contributed by atoms with Crippen molar-refractivity contribution >= 4 is 0 Å². The Morgan fingerprint density at radius 2 is 2.00 bits per heavy atom. The Labute approximate surface area is 103 Å². The molecule has 2 nitrogen and oxygen atoms in total. The van der Waals surface area contributed by atoms with Crippen LogP contribution in [0.4, 0.5) is 17.6 Å². The Morgan fingerprint density at radius 3 is 2.56 bits per heavy atom. The Hall–Kier alpha value is -1.14. The first kappa shape index (κ1) is 14.9. The minimum absolute atomic E-state index is 0.106. The van der Waals surface area contributed by atoms with Gasteiger partial charge >= 0.3 is 6.18 Å². The molecule has 3 N–H and O–H groups in total. The van der Waals surface area contributed by atoms with E-state index in [9.17, 15) is 17.6 Å². The molecule has 0 bridgehead atoms. The number of halogens is 4. The second kappa shape index (κ2) is 6.15. The van der Waals surface area contributed by atoms with Crippen LogP contribution >= 0.6 is 0 Å². The van der Waals surface area contributed by atoms with Gasteiger partial charge in [0.2, 0.25) is 0 Å². The van der Waals surface area contributed by atoms with E-state index in [2.05, 4.69) is 5.32 Å². The second-order valence-corrected chi connectivity index (χ2v) is 4.17. The lowest BCUT2D eigenvalue weighted by atomic mass is 10.1. The van der Waals surface area contributed by atoms with Gasteiger partial charge in [0.25, 0.3) is 0 Å². The molecule has 1 rings (SSSR count). The molecular weight excluding hydrogens is 248 g/mol. The molecule has 0 aromatic heterocycles. The van der Waals surface area contributed by atoms with Crippen molar-refractivity contribution in [2.75, 3.05) is 6.54 Å². The first-order valence-corrected chi connectivity index (χ1v) is 5.63. The van der Waals surface area contributed by atoms with Gasteiger partial charge in [0, 0.05) is 12.6 Å². The van der Waals surface area contributed by atoms with E-state index < -0.39 is 17.6 Å². The van der Waals surface area contributed by atoms with Crippen LogP contribution in [0.3, 0.4) is 0 Å². The van der Waals surface area contributed by atoms with Crippen molar-refractivity contribution in [1.29, 1.82) is 0 Å². The third-order valence-electron chi connectivity index (χ3n) is 2.59. The van der Waals surface area contributed by atoms with E-state index in [4.69, 9.17) is 5.73 Å². The van der Waals surface area contributed by atoms with Gasteiger partial charge in [-0.25, -0.2) is 4.39 Å². The summed E-state index contributed by atoms with van der Waals surface area (Å²) in [6.45, 7) is 2.65. The quantitative estimate of drug-likeness (QED) is 0.802. The van der Waals surface area contributed by atoms with Crippen LogP contribution in [0.5, 0.6) is 0 Å². The van der Waals surface area contributed by atoms with Crippen LogP contribution in [0.1, 0.15) is 24.5 Å². The van der Waals surface area contributed by atoms with Gasteiger partial charge in [0.05, 0.1) is 5.56 Å². The lowest BCUT2D eigenvalue weighted by Crippen LogP contribution is -2.28. The largest absolute Gasteiger partial charge is 0.419 e. The number of rotatable bonds is 5. The summed E-state index contributed by atoms with van der Waals surface area (Å²) < 4.78 is 50.4. The van der Waals surface area contributed by atoms with Crippen LogP contribution in [-0.4, -0.2) is 12.6 Å². The molecule has 0 radical (unpaired) electrons. The number of benzene rings is 1. The monoisotopic (exact) mass is 264 g/mol. The Kier molecular flexibility index (Phi) is 5.10. The molecule has 1 aromatic rings. The van der Waals surface area contributed by atoms with E-state index in [0.717, 1.165) is 18.6 Å². The number of nitrogens with one attached hydrogen (secondary N) is 1. The van der Waals surface area contributed by atoms with Crippen molar-refractivity contribution in [3.8, 4) is 0 Å². The Morgan fingerprint density at radius 1 is 1.33 bits per heavy atom. The van der Waals surface area contributed by atoms with Gasteiger partial charge in [-0.15, -0.1) is 0 Å².